The van der Waals surface area contributed by atoms with E-state index in [-0.39, 0.29) is 23.7 Å². The smallest absolute Gasteiger partial charge is 0.253 e. The van der Waals surface area contributed by atoms with E-state index < -0.39 is 5.82 Å². The van der Waals surface area contributed by atoms with E-state index in [1.54, 1.807) is 31.3 Å². The first kappa shape index (κ1) is 14.5. The van der Waals surface area contributed by atoms with E-state index in [2.05, 4.69) is 10.6 Å². The van der Waals surface area contributed by atoms with Gasteiger partial charge < -0.3 is 10.6 Å². The third kappa shape index (κ3) is 3.37. The molecule has 2 aromatic carbocycles. The molecule has 5 heteroatoms. The molecule has 0 aliphatic rings. The molecule has 106 valence electrons. The summed E-state index contributed by atoms with van der Waals surface area (Å²) in [7, 11) is 1.56. The minimum atomic E-state index is -0.475. The molecule has 0 aliphatic heterocycles. The minimum absolute atomic E-state index is 0.167. The predicted octanol–water partition coefficient (Wildman–Crippen LogP) is 2.67. The summed E-state index contributed by atoms with van der Waals surface area (Å²) in [5.41, 5.74) is 1.75. The van der Waals surface area contributed by atoms with Crippen molar-refractivity contribution >= 4 is 11.6 Å². The van der Waals surface area contributed by atoms with Crippen LogP contribution in [0.15, 0.2) is 42.5 Å². The Balaban J connectivity index is 2.12. The maximum Gasteiger partial charge on any atom is 0.253 e. The molecule has 0 saturated carbocycles. The van der Waals surface area contributed by atoms with E-state index in [0.29, 0.717) is 5.56 Å². The summed E-state index contributed by atoms with van der Waals surface area (Å²) in [5, 5.41) is 14.2. The van der Waals surface area contributed by atoms with E-state index in [1.807, 2.05) is 12.1 Å². The van der Waals surface area contributed by atoms with Crippen molar-refractivity contribution in [2.75, 3.05) is 12.4 Å². The van der Waals surface area contributed by atoms with Crippen LogP contribution in [0.4, 0.5) is 10.1 Å². The van der Waals surface area contributed by atoms with Gasteiger partial charge in [-0.05, 0) is 29.8 Å². The Morgan fingerprint density at radius 3 is 2.76 bits per heavy atom. The third-order valence-corrected chi connectivity index (χ3v) is 3.02. The molecule has 0 atom stereocenters. The van der Waals surface area contributed by atoms with E-state index in [1.165, 1.54) is 12.1 Å². The van der Waals surface area contributed by atoms with Crippen LogP contribution in [0.2, 0.25) is 0 Å². The molecule has 0 heterocycles. The average Bonchev–Trinajstić information content (AvgIpc) is 2.52. The lowest BCUT2D eigenvalue weighted by Gasteiger charge is -2.10. The van der Waals surface area contributed by atoms with Gasteiger partial charge in [0.1, 0.15) is 5.82 Å². The van der Waals surface area contributed by atoms with Gasteiger partial charge in [0.05, 0.1) is 22.9 Å². The van der Waals surface area contributed by atoms with E-state index in [0.717, 1.165) is 5.56 Å². The Morgan fingerprint density at radius 1 is 1.29 bits per heavy atom. The number of nitrogens with zero attached hydrogens (tertiary/aromatic N) is 1. The molecule has 0 radical (unpaired) electrons. The number of nitrogens with one attached hydrogen (secondary N) is 2. The molecular formula is C16H14FN3O. The lowest BCUT2D eigenvalue weighted by molar-refractivity contribution is 0.0951. The highest BCUT2D eigenvalue weighted by Crippen LogP contribution is 2.19. The van der Waals surface area contributed by atoms with Gasteiger partial charge in [-0.3, -0.25) is 4.79 Å². The van der Waals surface area contributed by atoms with Crippen molar-refractivity contribution in [2.45, 2.75) is 6.54 Å². The van der Waals surface area contributed by atoms with Gasteiger partial charge in [-0.1, -0.05) is 18.2 Å². The Morgan fingerprint density at radius 2 is 2.05 bits per heavy atom. The van der Waals surface area contributed by atoms with Crippen LogP contribution in [0, 0.1) is 17.1 Å². The second-order valence-electron chi connectivity index (χ2n) is 4.41. The van der Waals surface area contributed by atoms with Gasteiger partial charge in [0.15, 0.2) is 0 Å². The van der Waals surface area contributed by atoms with Crippen LogP contribution >= 0.6 is 0 Å². The SMILES string of the molecule is CNc1c(F)cccc1C(=O)NCc1cccc(C#N)c1. The highest BCUT2D eigenvalue weighted by Gasteiger charge is 2.13. The van der Waals surface area contributed by atoms with Crippen LogP contribution in [-0.2, 0) is 6.54 Å². The fourth-order valence-electron chi connectivity index (χ4n) is 2.00. The van der Waals surface area contributed by atoms with Crippen molar-refractivity contribution < 1.29 is 9.18 Å². The third-order valence-electron chi connectivity index (χ3n) is 3.02. The van der Waals surface area contributed by atoms with E-state index in [4.69, 9.17) is 5.26 Å². The summed E-state index contributed by atoms with van der Waals surface area (Å²) < 4.78 is 13.6. The van der Waals surface area contributed by atoms with Crippen molar-refractivity contribution in [3.63, 3.8) is 0 Å². The molecule has 2 N–H and O–H groups in total. The number of nitriles is 1. The molecule has 21 heavy (non-hydrogen) atoms. The quantitative estimate of drug-likeness (QED) is 0.906. The van der Waals surface area contributed by atoms with Crippen LogP contribution in [-0.4, -0.2) is 13.0 Å². The summed E-state index contributed by atoms with van der Waals surface area (Å²) in [5.74, 6) is -0.849. The molecular weight excluding hydrogens is 269 g/mol. The Labute approximate surface area is 122 Å². The van der Waals surface area contributed by atoms with Crippen LogP contribution in [0.3, 0.4) is 0 Å². The molecule has 1 amide bonds. The van der Waals surface area contributed by atoms with Gasteiger partial charge in [0.2, 0.25) is 0 Å². The van der Waals surface area contributed by atoms with Gasteiger partial charge in [0, 0.05) is 13.6 Å². The Kier molecular flexibility index (Phi) is 4.52. The predicted molar refractivity (Wildman–Crippen MR) is 78.3 cm³/mol. The molecule has 2 rings (SSSR count). The maximum atomic E-state index is 13.6. The summed E-state index contributed by atoms with van der Waals surface area (Å²) >= 11 is 0. The second kappa shape index (κ2) is 6.53. The topological polar surface area (TPSA) is 64.9 Å². The second-order valence-corrected chi connectivity index (χ2v) is 4.41. The maximum absolute atomic E-state index is 13.6. The number of amides is 1. The first-order valence-corrected chi connectivity index (χ1v) is 6.39. The summed E-state index contributed by atoms with van der Waals surface area (Å²) in [6.07, 6.45) is 0. The number of carbonyl (C=O) groups excluding carboxylic acids is 1. The number of hydrogen-bond donors (Lipinski definition) is 2. The molecule has 0 bridgehead atoms. The fourth-order valence-corrected chi connectivity index (χ4v) is 2.00. The molecule has 0 aromatic heterocycles. The number of rotatable bonds is 4. The molecule has 0 unspecified atom stereocenters. The zero-order valence-corrected chi connectivity index (χ0v) is 11.5. The van der Waals surface area contributed by atoms with Crippen molar-refractivity contribution in [3.05, 3.63) is 65.0 Å². The van der Waals surface area contributed by atoms with Gasteiger partial charge in [0.25, 0.3) is 5.91 Å². The van der Waals surface area contributed by atoms with Gasteiger partial charge in [-0.2, -0.15) is 5.26 Å². The lowest BCUT2D eigenvalue weighted by atomic mass is 10.1. The number of para-hydroxylation sites is 1. The number of carbonyl (C=O) groups is 1. The summed E-state index contributed by atoms with van der Waals surface area (Å²) in [4.78, 5) is 12.1. The largest absolute Gasteiger partial charge is 0.385 e. The van der Waals surface area contributed by atoms with Crippen molar-refractivity contribution in [1.29, 1.82) is 5.26 Å². The van der Waals surface area contributed by atoms with Crippen molar-refractivity contribution in [2.24, 2.45) is 0 Å². The first-order valence-electron chi connectivity index (χ1n) is 6.39. The molecule has 0 fully saturated rings. The molecule has 4 nitrogen and oxygen atoms in total. The van der Waals surface area contributed by atoms with Crippen LogP contribution in [0.25, 0.3) is 0 Å². The summed E-state index contributed by atoms with van der Waals surface area (Å²) in [6, 6.07) is 13.3. The lowest BCUT2D eigenvalue weighted by Crippen LogP contribution is -2.24. The fraction of sp³-hybridized carbons (Fsp3) is 0.125. The highest BCUT2D eigenvalue weighted by atomic mass is 19.1. The average molecular weight is 283 g/mol. The van der Waals surface area contributed by atoms with Crippen LogP contribution in [0.1, 0.15) is 21.5 Å². The molecule has 2 aromatic rings. The van der Waals surface area contributed by atoms with Crippen LogP contribution < -0.4 is 10.6 Å². The number of anilines is 1. The zero-order chi connectivity index (χ0) is 15.2. The van der Waals surface area contributed by atoms with E-state index in [9.17, 15) is 9.18 Å². The molecule has 0 aliphatic carbocycles. The van der Waals surface area contributed by atoms with Gasteiger partial charge in [-0.15, -0.1) is 0 Å². The molecule has 0 spiro atoms. The van der Waals surface area contributed by atoms with Gasteiger partial charge in [-0.25, -0.2) is 4.39 Å². The highest BCUT2D eigenvalue weighted by molar-refractivity contribution is 5.99. The minimum Gasteiger partial charge on any atom is -0.385 e. The normalized spacial score (nSPS) is 9.76. The van der Waals surface area contributed by atoms with Crippen LogP contribution in [0.5, 0.6) is 0 Å². The Bertz CT molecular complexity index is 707. The monoisotopic (exact) mass is 283 g/mol. The summed E-state index contributed by atoms with van der Waals surface area (Å²) in [6.45, 7) is 0.272. The Hall–Kier alpha value is -2.87. The van der Waals surface area contributed by atoms with Crippen molar-refractivity contribution in [1.82, 2.24) is 5.32 Å². The standard InChI is InChI=1S/C16H14FN3O/c1-19-15-13(6-3-7-14(15)17)16(21)20-10-12-5-2-4-11(8-12)9-18/h2-8,19H,10H2,1H3,(H,20,21). The van der Waals surface area contributed by atoms with Crippen molar-refractivity contribution in [3.8, 4) is 6.07 Å². The number of halogens is 1. The number of hydrogen-bond acceptors (Lipinski definition) is 3. The first-order chi connectivity index (χ1) is 10.2. The van der Waals surface area contributed by atoms with E-state index >= 15 is 0 Å². The molecule has 0 saturated heterocycles. The zero-order valence-electron chi connectivity index (χ0n) is 11.5. The number of benzene rings is 2. The van der Waals surface area contributed by atoms with Gasteiger partial charge >= 0.3 is 0 Å².